The Morgan fingerprint density at radius 3 is 2.65 bits per heavy atom. The van der Waals surface area contributed by atoms with E-state index in [2.05, 4.69) is 83.9 Å². The first-order chi connectivity index (χ1) is 17.6. The predicted molar refractivity (Wildman–Crippen MR) is 152 cm³/mol. The lowest BCUT2D eigenvalue weighted by Crippen LogP contribution is -2.26. The SMILES string of the molecule is CCNC(=O)c1cnc(Nc2ccc3c(c2)CCC(CN(C)C)C3)nc1Nc1cccc(C(C)(C)C)n1.[HH]. The molecule has 1 amide bonds. The van der Waals surface area contributed by atoms with Crippen molar-refractivity contribution in [1.82, 2.24) is 25.2 Å². The topological polar surface area (TPSA) is 95.1 Å². The molecule has 0 saturated heterocycles. The summed E-state index contributed by atoms with van der Waals surface area (Å²) in [6.45, 7) is 9.87. The van der Waals surface area contributed by atoms with Gasteiger partial charge in [-0.3, -0.25) is 4.79 Å². The fraction of sp³-hybridized carbons (Fsp3) is 0.448. The Balaban J connectivity index is 0.00000400. The molecular weight excluding hydrogens is 462 g/mol. The minimum absolute atomic E-state index is 0. The molecule has 1 atom stereocenters. The first-order valence-corrected chi connectivity index (χ1v) is 13.1. The fourth-order valence-electron chi connectivity index (χ4n) is 4.71. The van der Waals surface area contributed by atoms with Crippen molar-refractivity contribution in [1.29, 1.82) is 0 Å². The second-order valence-electron chi connectivity index (χ2n) is 11.1. The Kier molecular flexibility index (Phi) is 8.07. The summed E-state index contributed by atoms with van der Waals surface area (Å²) >= 11 is 0. The molecule has 1 aliphatic rings. The van der Waals surface area contributed by atoms with Crippen LogP contribution in [0.2, 0.25) is 0 Å². The number of benzene rings is 1. The van der Waals surface area contributed by atoms with Crippen molar-refractivity contribution in [2.24, 2.45) is 5.92 Å². The van der Waals surface area contributed by atoms with Crippen molar-refractivity contribution in [3.8, 4) is 0 Å². The van der Waals surface area contributed by atoms with Crippen molar-refractivity contribution >= 4 is 29.2 Å². The molecule has 0 radical (unpaired) electrons. The number of nitrogens with one attached hydrogen (secondary N) is 3. The van der Waals surface area contributed by atoms with Crippen LogP contribution in [-0.4, -0.2) is 52.9 Å². The molecule has 0 aliphatic heterocycles. The largest absolute Gasteiger partial charge is 0.352 e. The molecule has 198 valence electrons. The molecule has 0 bridgehead atoms. The van der Waals surface area contributed by atoms with E-state index in [1.165, 1.54) is 17.5 Å². The number of aromatic nitrogens is 3. The number of pyridine rings is 1. The molecule has 2 heterocycles. The zero-order valence-electron chi connectivity index (χ0n) is 22.9. The molecule has 1 aliphatic carbocycles. The summed E-state index contributed by atoms with van der Waals surface area (Å²) in [6, 6.07) is 12.3. The van der Waals surface area contributed by atoms with Gasteiger partial charge in [0, 0.05) is 37.5 Å². The van der Waals surface area contributed by atoms with E-state index in [1.807, 2.05) is 25.1 Å². The average Bonchev–Trinajstić information content (AvgIpc) is 2.84. The fourth-order valence-corrected chi connectivity index (χ4v) is 4.71. The molecule has 0 fully saturated rings. The molecular formula is C29H41N7O. The maximum Gasteiger partial charge on any atom is 0.256 e. The summed E-state index contributed by atoms with van der Waals surface area (Å²) in [7, 11) is 4.28. The summed E-state index contributed by atoms with van der Waals surface area (Å²) in [4.78, 5) is 28.9. The molecule has 3 N–H and O–H groups in total. The normalized spacial score (nSPS) is 15.3. The van der Waals surface area contributed by atoms with Crippen molar-refractivity contribution in [3.05, 3.63) is 65.0 Å². The van der Waals surface area contributed by atoms with Crippen LogP contribution in [-0.2, 0) is 18.3 Å². The number of hydrogen-bond donors (Lipinski definition) is 3. The molecule has 0 spiro atoms. The first-order valence-electron chi connectivity index (χ1n) is 13.1. The van der Waals surface area contributed by atoms with E-state index >= 15 is 0 Å². The van der Waals surface area contributed by atoms with Gasteiger partial charge in [-0.15, -0.1) is 0 Å². The number of anilines is 4. The Morgan fingerprint density at radius 1 is 1.11 bits per heavy atom. The van der Waals surface area contributed by atoms with Gasteiger partial charge in [0.1, 0.15) is 17.2 Å². The molecule has 0 saturated carbocycles. The van der Waals surface area contributed by atoms with Crippen LogP contribution in [0.4, 0.5) is 23.3 Å². The van der Waals surface area contributed by atoms with Crippen LogP contribution in [0.25, 0.3) is 0 Å². The van der Waals surface area contributed by atoms with E-state index in [9.17, 15) is 4.79 Å². The van der Waals surface area contributed by atoms with Crippen LogP contribution in [0.15, 0.2) is 42.6 Å². The molecule has 8 heteroatoms. The predicted octanol–water partition coefficient (Wildman–Crippen LogP) is 5.32. The van der Waals surface area contributed by atoms with Gasteiger partial charge in [-0.2, -0.15) is 4.98 Å². The van der Waals surface area contributed by atoms with E-state index in [0.29, 0.717) is 35.6 Å². The number of rotatable bonds is 8. The van der Waals surface area contributed by atoms with Crippen LogP contribution in [0, 0.1) is 5.92 Å². The number of carbonyl (C=O) groups excluding carboxylic acids is 1. The summed E-state index contributed by atoms with van der Waals surface area (Å²) in [5.41, 5.74) is 4.95. The third-order valence-corrected chi connectivity index (χ3v) is 6.55. The molecule has 1 unspecified atom stereocenters. The lowest BCUT2D eigenvalue weighted by atomic mass is 9.83. The summed E-state index contributed by atoms with van der Waals surface area (Å²) < 4.78 is 0. The maximum absolute atomic E-state index is 12.7. The Labute approximate surface area is 221 Å². The minimum atomic E-state index is -0.232. The van der Waals surface area contributed by atoms with Crippen LogP contribution >= 0.6 is 0 Å². The van der Waals surface area contributed by atoms with Crippen LogP contribution in [0.5, 0.6) is 0 Å². The van der Waals surface area contributed by atoms with E-state index in [0.717, 1.165) is 30.8 Å². The minimum Gasteiger partial charge on any atom is -0.352 e. The van der Waals surface area contributed by atoms with Crippen molar-refractivity contribution in [2.45, 2.75) is 52.4 Å². The van der Waals surface area contributed by atoms with Crippen molar-refractivity contribution in [3.63, 3.8) is 0 Å². The lowest BCUT2D eigenvalue weighted by molar-refractivity contribution is 0.0956. The molecule has 2 aromatic heterocycles. The number of nitrogens with zero attached hydrogens (tertiary/aromatic N) is 4. The van der Waals surface area contributed by atoms with Gasteiger partial charge in [-0.05, 0) is 81.6 Å². The zero-order valence-corrected chi connectivity index (χ0v) is 22.9. The smallest absolute Gasteiger partial charge is 0.256 e. The van der Waals surface area contributed by atoms with Gasteiger partial charge in [-0.1, -0.05) is 32.9 Å². The Hall–Kier alpha value is -3.52. The van der Waals surface area contributed by atoms with Crippen molar-refractivity contribution in [2.75, 3.05) is 37.8 Å². The molecule has 3 aromatic rings. The van der Waals surface area contributed by atoms with Gasteiger partial charge in [0.25, 0.3) is 5.91 Å². The highest BCUT2D eigenvalue weighted by Crippen LogP contribution is 2.30. The van der Waals surface area contributed by atoms with Gasteiger partial charge >= 0.3 is 0 Å². The monoisotopic (exact) mass is 503 g/mol. The third kappa shape index (κ3) is 6.83. The third-order valence-electron chi connectivity index (χ3n) is 6.55. The standard InChI is InChI=1S/C29H39N7O.H2/c1-7-30-27(37)23-17-31-28(35-26(23)34-25-10-8-9-24(33-25)29(2,3)4)32-22-14-13-20-15-19(18-36(5)6)11-12-21(20)16-22;/h8-10,13-14,16-17,19H,7,11-12,15,18H2,1-6H3,(H,30,37)(H2,31,32,33,34,35);1H. The Bertz CT molecular complexity index is 1260. The quantitative estimate of drug-likeness (QED) is 0.383. The number of aryl methyl sites for hydroxylation is 1. The van der Waals surface area contributed by atoms with Crippen LogP contribution < -0.4 is 16.0 Å². The number of carbonyl (C=O) groups is 1. The first kappa shape index (κ1) is 26.5. The molecule has 4 rings (SSSR count). The Morgan fingerprint density at radius 2 is 1.92 bits per heavy atom. The molecule has 1 aromatic carbocycles. The zero-order chi connectivity index (χ0) is 26.6. The number of amides is 1. The summed E-state index contributed by atoms with van der Waals surface area (Å²) in [5.74, 6) is 1.93. The lowest BCUT2D eigenvalue weighted by Gasteiger charge is -2.27. The van der Waals surface area contributed by atoms with E-state index in [-0.39, 0.29) is 12.7 Å². The van der Waals surface area contributed by atoms with E-state index in [1.54, 1.807) is 6.20 Å². The second-order valence-corrected chi connectivity index (χ2v) is 11.1. The average molecular weight is 504 g/mol. The van der Waals surface area contributed by atoms with Gasteiger partial charge < -0.3 is 20.9 Å². The summed E-state index contributed by atoms with van der Waals surface area (Å²) in [5, 5.41) is 9.43. The second kappa shape index (κ2) is 11.3. The van der Waals surface area contributed by atoms with Gasteiger partial charge in [-0.25, -0.2) is 9.97 Å². The molecule has 37 heavy (non-hydrogen) atoms. The van der Waals surface area contributed by atoms with Crippen LogP contribution in [0.1, 0.15) is 62.7 Å². The highest BCUT2D eigenvalue weighted by atomic mass is 16.1. The van der Waals surface area contributed by atoms with Crippen LogP contribution in [0.3, 0.4) is 0 Å². The number of hydrogen-bond acceptors (Lipinski definition) is 7. The number of fused-ring (bicyclic) bond motifs is 1. The van der Waals surface area contributed by atoms with Gasteiger partial charge in [0.05, 0.1) is 0 Å². The highest BCUT2D eigenvalue weighted by Gasteiger charge is 2.21. The van der Waals surface area contributed by atoms with E-state index in [4.69, 9.17) is 4.98 Å². The molecule has 8 nitrogen and oxygen atoms in total. The summed E-state index contributed by atoms with van der Waals surface area (Å²) in [6.07, 6.45) is 4.94. The maximum atomic E-state index is 12.7. The van der Waals surface area contributed by atoms with Gasteiger partial charge in [0.15, 0.2) is 0 Å². The highest BCUT2D eigenvalue weighted by molar-refractivity contribution is 5.99. The van der Waals surface area contributed by atoms with Crippen molar-refractivity contribution < 1.29 is 6.22 Å². The van der Waals surface area contributed by atoms with E-state index < -0.39 is 0 Å². The van der Waals surface area contributed by atoms with Gasteiger partial charge in [0.2, 0.25) is 5.95 Å².